The summed E-state index contributed by atoms with van der Waals surface area (Å²) in [6.45, 7) is 0.776. The lowest BCUT2D eigenvalue weighted by Gasteiger charge is -2.13. The average molecular weight is 352 g/mol. The molecule has 7 nitrogen and oxygen atoms in total. The highest BCUT2D eigenvalue weighted by Gasteiger charge is 2.09. The molecule has 26 heavy (non-hydrogen) atoms. The molecule has 0 aliphatic heterocycles. The number of anilines is 1. The fourth-order valence-corrected chi connectivity index (χ4v) is 2.34. The molecule has 0 aliphatic carbocycles. The van der Waals surface area contributed by atoms with Crippen molar-refractivity contribution in [2.75, 3.05) is 12.5 Å². The summed E-state index contributed by atoms with van der Waals surface area (Å²) >= 11 is 0. The first kappa shape index (κ1) is 17.5. The molecule has 0 unspecified atom stereocenters. The van der Waals surface area contributed by atoms with Gasteiger partial charge in [-0.25, -0.2) is 14.9 Å². The smallest absolute Gasteiger partial charge is 0.358 e. The van der Waals surface area contributed by atoms with Crippen molar-refractivity contribution in [1.29, 1.82) is 0 Å². The van der Waals surface area contributed by atoms with Crippen LogP contribution in [-0.4, -0.2) is 22.9 Å². The van der Waals surface area contributed by atoms with Gasteiger partial charge in [-0.1, -0.05) is 36.4 Å². The molecule has 0 amide bonds. The number of hydrogen-bond acceptors (Lipinski definition) is 6. The first-order chi connectivity index (χ1) is 12.8. The number of aromatic nitrogens is 2. The van der Waals surface area contributed by atoms with Gasteiger partial charge in [0.05, 0.1) is 7.11 Å². The number of esters is 1. The van der Waals surface area contributed by atoms with Gasteiger partial charge in [-0.15, -0.1) is 0 Å². The number of benzene rings is 2. The van der Waals surface area contributed by atoms with Crippen LogP contribution >= 0.6 is 0 Å². The Labute approximate surface area is 151 Å². The monoisotopic (exact) mass is 352 g/mol. The summed E-state index contributed by atoms with van der Waals surface area (Å²) in [7, 11) is 1.32. The molecule has 2 aromatic carbocycles. The molecule has 0 saturated heterocycles. The van der Waals surface area contributed by atoms with Gasteiger partial charge in [0.1, 0.15) is 5.75 Å². The highest BCUT2D eigenvalue weighted by atomic mass is 16.5. The van der Waals surface area contributed by atoms with Gasteiger partial charge in [0.2, 0.25) is 0 Å². The minimum atomic E-state index is -0.472. The fourth-order valence-electron chi connectivity index (χ4n) is 2.34. The Bertz CT molecular complexity index is 849. The van der Waals surface area contributed by atoms with Crippen LogP contribution in [0, 0.1) is 0 Å². The maximum Gasteiger partial charge on any atom is 0.358 e. The number of nitrogens with one attached hydrogen (secondary N) is 2. The van der Waals surface area contributed by atoms with Crippen molar-refractivity contribution < 1.29 is 14.3 Å². The zero-order valence-electron chi connectivity index (χ0n) is 14.4. The van der Waals surface area contributed by atoms with Crippen LogP contribution in [0.1, 0.15) is 16.1 Å². The van der Waals surface area contributed by atoms with E-state index < -0.39 is 5.97 Å². The number of carbonyl (C=O) groups is 1. The predicted octanol–water partition coefficient (Wildman–Crippen LogP) is 2.82. The molecule has 134 valence electrons. The Kier molecular flexibility index (Phi) is 5.84. The van der Waals surface area contributed by atoms with Crippen molar-refractivity contribution in [1.82, 2.24) is 15.2 Å². The van der Waals surface area contributed by atoms with Crippen LogP contribution in [0.2, 0.25) is 0 Å². The zero-order valence-corrected chi connectivity index (χ0v) is 14.4. The summed E-state index contributed by atoms with van der Waals surface area (Å²) in [6, 6.07) is 19.2. The minimum absolute atomic E-state index is 0.195. The van der Waals surface area contributed by atoms with E-state index in [9.17, 15) is 4.79 Å². The third kappa shape index (κ3) is 4.61. The molecule has 0 fully saturated rings. The number of para-hydroxylation sites is 2. The lowest BCUT2D eigenvalue weighted by atomic mass is 10.2. The topological polar surface area (TPSA) is 77.4 Å². The number of ether oxygens (including phenoxy) is 2. The Morgan fingerprint density at radius 2 is 1.85 bits per heavy atom. The maximum absolute atomic E-state index is 11.4. The largest absolute Gasteiger partial charge is 0.471 e. The number of nitrogens with zero attached hydrogens (tertiary/aromatic N) is 2. The van der Waals surface area contributed by atoms with E-state index in [-0.39, 0.29) is 12.4 Å². The van der Waals surface area contributed by atoms with E-state index in [1.54, 1.807) is 16.9 Å². The van der Waals surface area contributed by atoms with E-state index in [0.29, 0.717) is 6.54 Å². The van der Waals surface area contributed by atoms with Gasteiger partial charge >= 0.3 is 5.97 Å². The Morgan fingerprint density at radius 1 is 1.08 bits per heavy atom. The van der Waals surface area contributed by atoms with Gasteiger partial charge in [-0.05, 0) is 24.3 Å². The molecule has 2 N–H and O–H groups in total. The molecular formula is C19H20N4O3. The third-order valence-electron chi connectivity index (χ3n) is 3.65. The molecule has 0 saturated carbocycles. The van der Waals surface area contributed by atoms with Crippen molar-refractivity contribution in [2.24, 2.45) is 0 Å². The molecule has 0 spiro atoms. The van der Waals surface area contributed by atoms with Crippen LogP contribution < -0.4 is 15.6 Å². The molecule has 0 aliphatic rings. The quantitative estimate of drug-likeness (QED) is 0.479. The van der Waals surface area contributed by atoms with Gasteiger partial charge in [0, 0.05) is 24.0 Å². The van der Waals surface area contributed by atoms with Gasteiger partial charge < -0.3 is 14.9 Å². The normalized spacial score (nSPS) is 10.3. The molecule has 0 bridgehead atoms. The number of rotatable bonds is 8. The van der Waals surface area contributed by atoms with Gasteiger partial charge in [-0.3, -0.25) is 0 Å². The van der Waals surface area contributed by atoms with Crippen molar-refractivity contribution in [2.45, 2.75) is 13.3 Å². The Balaban J connectivity index is 1.56. The fraction of sp³-hybridized carbons (Fsp3) is 0.158. The van der Waals surface area contributed by atoms with Crippen LogP contribution in [0.25, 0.3) is 0 Å². The molecule has 1 heterocycles. The highest BCUT2D eigenvalue weighted by Crippen LogP contribution is 2.18. The summed E-state index contributed by atoms with van der Waals surface area (Å²) in [5, 5.41) is 4.12. The van der Waals surface area contributed by atoms with E-state index in [1.165, 1.54) is 7.11 Å². The standard InChI is InChI=1S/C19H20N4O3/c1-25-19(24)17-11-12-23(22-17)14-26-18-10-6-5-7-15(18)13-20-21-16-8-3-2-4-9-16/h2-12,20-21H,13-14H2,1H3. The highest BCUT2D eigenvalue weighted by molar-refractivity contribution is 5.86. The van der Waals surface area contributed by atoms with Crippen molar-refractivity contribution >= 4 is 11.7 Å². The van der Waals surface area contributed by atoms with Crippen molar-refractivity contribution in [3.63, 3.8) is 0 Å². The number of hydrazine groups is 1. The predicted molar refractivity (Wildman–Crippen MR) is 97.5 cm³/mol. The van der Waals surface area contributed by atoms with Crippen LogP contribution in [0.5, 0.6) is 5.75 Å². The zero-order chi connectivity index (χ0) is 18.2. The molecule has 0 radical (unpaired) electrons. The summed E-state index contributed by atoms with van der Waals surface area (Å²) in [5.41, 5.74) is 8.54. The van der Waals surface area contributed by atoms with Gasteiger partial charge in [-0.2, -0.15) is 5.10 Å². The molecule has 7 heteroatoms. The Hall–Kier alpha value is -3.32. The van der Waals surface area contributed by atoms with Crippen LogP contribution in [0.4, 0.5) is 5.69 Å². The number of carbonyl (C=O) groups excluding carboxylic acids is 1. The summed E-state index contributed by atoms with van der Waals surface area (Å²) in [5.74, 6) is 0.269. The van der Waals surface area contributed by atoms with Crippen LogP contribution in [0.15, 0.2) is 66.9 Å². The van der Waals surface area contributed by atoms with E-state index in [0.717, 1.165) is 17.0 Å². The SMILES string of the molecule is COC(=O)c1ccn(COc2ccccc2CNNc2ccccc2)n1. The van der Waals surface area contributed by atoms with Crippen molar-refractivity contribution in [3.8, 4) is 5.75 Å². The molecule has 3 rings (SSSR count). The molecule has 0 atom stereocenters. The van der Waals surface area contributed by atoms with Crippen molar-refractivity contribution in [3.05, 3.63) is 78.1 Å². The summed E-state index contributed by atoms with van der Waals surface area (Å²) in [4.78, 5) is 11.4. The Morgan fingerprint density at radius 3 is 2.65 bits per heavy atom. The second-order valence-corrected chi connectivity index (χ2v) is 5.46. The minimum Gasteiger partial charge on any atom is -0.471 e. The second-order valence-electron chi connectivity index (χ2n) is 5.46. The second kappa shape index (κ2) is 8.68. The van der Waals surface area contributed by atoms with Gasteiger partial charge in [0.15, 0.2) is 12.4 Å². The first-order valence-corrected chi connectivity index (χ1v) is 8.12. The van der Waals surface area contributed by atoms with Crippen LogP contribution in [-0.2, 0) is 18.0 Å². The van der Waals surface area contributed by atoms with E-state index in [1.807, 2.05) is 54.6 Å². The first-order valence-electron chi connectivity index (χ1n) is 8.12. The third-order valence-corrected chi connectivity index (χ3v) is 3.65. The number of hydrogen-bond donors (Lipinski definition) is 2. The molecule has 1 aromatic heterocycles. The van der Waals surface area contributed by atoms with E-state index in [4.69, 9.17) is 4.74 Å². The van der Waals surface area contributed by atoms with Crippen LogP contribution in [0.3, 0.4) is 0 Å². The average Bonchev–Trinajstić information content (AvgIpc) is 3.16. The maximum atomic E-state index is 11.4. The summed E-state index contributed by atoms with van der Waals surface area (Å²) < 4.78 is 12.0. The van der Waals surface area contributed by atoms with Gasteiger partial charge in [0.25, 0.3) is 0 Å². The lowest BCUT2D eigenvalue weighted by Crippen LogP contribution is -2.21. The summed E-state index contributed by atoms with van der Waals surface area (Å²) in [6.07, 6.45) is 1.67. The molecule has 3 aromatic rings. The van der Waals surface area contributed by atoms with E-state index in [2.05, 4.69) is 20.7 Å². The molecular weight excluding hydrogens is 332 g/mol. The number of methoxy groups -OCH3 is 1. The van der Waals surface area contributed by atoms with E-state index >= 15 is 0 Å². The lowest BCUT2D eigenvalue weighted by molar-refractivity contribution is 0.0592.